The Kier molecular flexibility index (Phi) is 11.5. The van der Waals surface area contributed by atoms with Crippen molar-refractivity contribution in [1.29, 1.82) is 0 Å². The van der Waals surface area contributed by atoms with E-state index in [-0.39, 0.29) is 11.9 Å². The molecule has 1 atom stereocenters. The normalized spacial score (nSPS) is 12.6. The molecule has 0 heterocycles. The molecule has 0 saturated carbocycles. The van der Waals surface area contributed by atoms with E-state index >= 15 is 0 Å². The molecule has 0 aliphatic rings. The molecule has 0 spiro atoms. The highest BCUT2D eigenvalue weighted by Gasteiger charge is 2.09. The number of hydrogen-bond donors (Lipinski definition) is 2. The van der Waals surface area contributed by atoms with Crippen LogP contribution >= 0.6 is 0 Å². The minimum absolute atomic E-state index is 0.195. The van der Waals surface area contributed by atoms with Crippen LogP contribution in [0.2, 0.25) is 0 Å². The van der Waals surface area contributed by atoms with Gasteiger partial charge < -0.3 is 11.1 Å². The fraction of sp³-hybridized carbons (Fsp3) is 0.929. The zero-order valence-electron chi connectivity index (χ0n) is 11.6. The Morgan fingerprint density at radius 2 is 1.65 bits per heavy atom. The van der Waals surface area contributed by atoms with Crippen LogP contribution in [0.25, 0.3) is 0 Å². The summed E-state index contributed by atoms with van der Waals surface area (Å²) in [6.45, 7) is 5.22. The summed E-state index contributed by atoms with van der Waals surface area (Å²) in [5.74, 6) is -0.195. The number of hydrogen-bond acceptors (Lipinski definition) is 2. The van der Waals surface area contributed by atoms with Crippen molar-refractivity contribution in [1.82, 2.24) is 5.32 Å². The van der Waals surface area contributed by atoms with Crippen molar-refractivity contribution in [2.45, 2.75) is 77.7 Å². The van der Waals surface area contributed by atoms with Gasteiger partial charge in [-0.2, -0.15) is 0 Å². The van der Waals surface area contributed by atoms with Gasteiger partial charge in [0.2, 0.25) is 5.91 Å². The number of rotatable bonds is 12. The molecule has 0 rings (SSSR count). The first-order valence-corrected chi connectivity index (χ1v) is 7.22. The van der Waals surface area contributed by atoms with E-state index in [9.17, 15) is 4.79 Å². The third-order valence-corrected chi connectivity index (χ3v) is 3.10. The maximum Gasteiger partial charge on any atom is 0.218 e. The Bertz CT molecular complexity index is 183. The van der Waals surface area contributed by atoms with E-state index in [0.717, 1.165) is 13.0 Å². The van der Waals surface area contributed by atoms with Crippen LogP contribution in [0.4, 0.5) is 0 Å². The third-order valence-electron chi connectivity index (χ3n) is 3.10. The molecule has 1 amide bonds. The molecular weight excluding hydrogens is 212 g/mol. The Hall–Kier alpha value is -0.570. The first-order valence-electron chi connectivity index (χ1n) is 7.22. The molecule has 0 aliphatic carbocycles. The van der Waals surface area contributed by atoms with Gasteiger partial charge in [0.25, 0.3) is 0 Å². The standard InChI is InChI=1S/C14H30N2O/c1-3-5-6-7-8-9-10-11-13(16-4-2)12-14(15)17/h13,16H,3-12H2,1-2H3,(H2,15,17). The molecule has 0 aromatic rings. The number of amides is 1. The Labute approximate surface area is 107 Å². The molecule has 1 unspecified atom stereocenters. The summed E-state index contributed by atoms with van der Waals surface area (Å²) < 4.78 is 0. The molecule has 0 bridgehead atoms. The molecule has 3 N–H and O–H groups in total. The van der Waals surface area contributed by atoms with E-state index in [0.29, 0.717) is 6.42 Å². The Morgan fingerprint density at radius 1 is 1.06 bits per heavy atom. The Morgan fingerprint density at radius 3 is 2.18 bits per heavy atom. The average molecular weight is 242 g/mol. The van der Waals surface area contributed by atoms with Gasteiger partial charge in [-0.3, -0.25) is 4.79 Å². The second-order valence-corrected chi connectivity index (χ2v) is 4.84. The summed E-state index contributed by atoms with van der Waals surface area (Å²) in [5, 5.41) is 3.32. The molecular formula is C14H30N2O. The van der Waals surface area contributed by atoms with Crippen molar-refractivity contribution >= 4 is 5.91 Å². The molecule has 0 saturated heterocycles. The van der Waals surface area contributed by atoms with Crippen molar-refractivity contribution < 1.29 is 4.79 Å². The van der Waals surface area contributed by atoms with Gasteiger partial charge in [0.05, 0.1) is 0 Å². The number of nitrogens with one attached hydrogen (secondary N) is 1. The number of unbranched alkanes of at least 4 members (excludes halogenated alkanes) is 6. The van der Waals surface area contributed by atoms with Crippen molar-refractivity contribution in [2.75, 3.05) is 6.54 Å². The molecule has 3 nitrogen and oxygen atoms in total. The van der Waals surface area contributed by atoms with E-state index in [2.05, 4.69) is 19.2 Å². The highest BCUT2D eigenvalue weighted by atomic mass is 16.1. The number of primary amides is 1. The summed E-state index contributed by atoms with van der Waals surface area (Å²) in [5.41, 5.74) is 5.23. The summed E-state index contributed by atoms with van der Waals surface area (Å²) in [6.07, 6.45) is 10.8. The van der Waals surface area contributed by atoms with Crippen molar-refractivity contribution in [3.63, 3.8) is 0 Å². The first-order chi connectivity index (χ1) is 8.20. The maximum absolute atomic E-state index is 10.9. The van der Waals surface area contributed by atoms with Gasteiger partial charge in [-0.25, -0.2) is 0 Å². The van der Waals surface area contributed by atoms with Crippen LogP contribution in [-0.2, 0) is 4.79 Å². The fourth-order valence-electron chi connectivity index (χ4n) is 2.16. The minimum Gasteiger partial charge on any atom is -0.370 e. The second-order valence-electron chi connectivity index (χ2n) is 4.84. The largest absolute Gasteiger partial charge is 0.370 e. The van der Waals surface area contributed by atoms with Gasteiger partial charge >= 0.3 is 0 Å². The third kappa shape index (κ3) is 11.7. The van der Waals surface area contributed by atoms with E-state index < -0.39 is 0 Å². The molecule has 3 heteroatoms. The zero-order valence-corrected chi connectivity index (χ0v) is 11.6. The van der Waals surface area contributed by atoms with Crippen LogP contribution in [-0.4, -0.2) is 18.5 Å². The number of carbonyl (C=O) groups is 1. The monoisotopic (exact) mass is 242 g/mol. The number of nitrogens with two attached hydrogens (primary N) is 1. The zero-order chi connectivity index (χ0) is 12.9. The molecule has 0 aromatic carbocycles. The summed E-state index contributed by atoms with van der Waals surface area (Å²) in [4.78, 5) is 10.9. The maximum atomic E-state index is 10.9. The van der Waals surface area contributed by atoms with Crippen molar-refractivity contribution in [3.05, 3.63) is 0 Å². The summed E-state index contributed by atoms with van der Waals surface area (Å²) in [6, 6.07) is 0.285. The van der Waals surface area contributed by atoms with Gasteiger partial charge in [0.15, 0.2) is 0 Å². The molecule has 0 fully saturated rings. The van der Waals surface area contributed by atoms with Crippen LogP contribution in [0.1, 0.15) is 71.6 Å². The van der Waals surface area contributed by atoms with Crippen LogP contribution in [0.15, 0.2) is 0 Å². The summed E-state index contributed by atoms with van der Waals surface area (Å²) in [7, 11) is 0. The van der Waals surface area contributed by atoms with Gasteiger partial charge in [-0.05, 0) is 13.0 Å². The molecule has 102 valence electrons. The highest BCUT2D eigenvalue weighted by Crippen LogP contribution is 2.10. The SMILES string of the molecule is CCCCCCCCCC(CC(N)=O)NCC. The first kappa shape index (κ1) is 16.4. The van der Waals surface area contributed by atoms with Crippen molar-refractivity contribution in [3.8, 4) is 0 Å². The minimum atomic E-state index is -0.195. The van der Waals surface area contributed by atoms with Gasteiger partial charge in [0, 0.05) is 12.5 Å². The fourth-order valence-corrected chi connectivity index (χ4v) is 2.16. The predicted octanol–water partition coefficient (Wildman–Crippen LogP) is 2.98. The molecule has 0 aromatic heterocycles. The lowest BCUT2D eigenvalue weighted by atomic mass is 10.0. The van der Waals surface area contributed by atoms with E-state index in [1.807, 2.05) is 0 Å². The second kappa shape index (κ2) is 11.9. The lowest BCUT2D eigenvalue weighted by Crippen LogP contribution is -2.33. The van der Waals surface area contributed by atoms with E-state index in [4.69, 9.17) is 5.73 Å². The summed E-state index contributed by atoms with van der Waals surface area (Å²) >= 11 is 0. The predicted molar refractivity (Wildman–Crippen MR) is 73.9 cm³/mol. The highest BCUT2D eigenvalue weighted by molar-refractivity contribution is 5.74. The molecule has 17 heavy (non-hydrogen) atoms. The van der Waals surface area contributed by atoms with Gasteiger partial charge in [0.1, 0.15) is 0 Å². The topological polar surface area (TPSA) is 55.1 Å². The lowest BCUT2D eigenvalue weighted by Gasteiger charge is -2.15. The van der Waals surface area contributed by atoms with Crippen LogP contribution < -0.4 is 11.1 Å². The van der Waals surface area contributed by atoms with Gasteiger partial charge in [-0.15, -0.1) is 0 Å². The Balaban J connectivity index is 3.43. The van der Waals surface area contributed by atoms with Crippen LogP contribution in [0.3, 0.4) is 0 Å². The molecule has 0 aliphatic heterocycles. The van der Waals surface area contributed by atoms with E-state index in [1.54, 1.807) is 0 Å². The number of carbonyl (C=O) groups excluding carboxylic acids is 1. The van der Waals surface area contributed by atoms with Crippen LogP contribution in [0, 0.1) is 0 Å². The van der Waals surface area contributed by atoms with E-state index in [1.165, 1.54) is 44.9 Å². The molecule has 0 radical (unpaired) electrons. The van der Waals surface area contributed by atoms with Crippen LogP contribution in [0.5, 0.6) is 0 Å². The van der Waals surface area contributed by atoms with Gasteiger partial charge in [-0.1, -0.05) is 58.8 Å². The average Bonchev–Trinajstić information content (AvgIpc) is 2.27. The smallest absolute Gasteiger partial charge is 0.218 e. The van der Waals surface area contributed by atoms with Crippen molar-refractivity contribution in [2.24, 2.45) is 5.73 Å². The quantitative estimate of drug-likeness (QED) is 0.517. The lowest BCUT2D eigenvalue weighted by molar-refractivity contribution is -0.118.